The van der Waals surface area contributed by atoms with Gasteiger partial charge < -0.3 is 22.9 Å². The number of hydrogen-bond donors (Lipinski definition) is 5. The molecular formula is C11H13N9O3S2. The summed E-state index contributed by atoms with van der Waals surface area (Å²) in [4.78, 5) is 11.8. The molecule has 12 nitrogen and oxygen atoms in total. The quantitative estimate of drug-likeness (QED) is 0.195. The normalized spacial score (nSPS) is 11.5. The number of H-pyrrole nitrogens is 1. The average molecular weight is 383 g/mol. The van der Waals surface area contributed by atoms with Crippen molar-refractivity contribution in [2.75, 3.05) is 5.73 Å². The first-order chi connectivity index (χ1) is 11.6. The second-order valence-corrected chi connectivity index (χ2v) is 6.56. The second-order valence-electron chi connectivity index (χ2n) is 4.54. The van der Waals surface area contributed by atoms with Crippen LogP contribution in [-0.2, 0) is 10.0 Å². The van der Waals surface area contributed by atoms with Gasteiger partial charge in [-0.3, -0.25) is 9.89 Å². The van der Waals surface area contributed by atoms with Gasteiger partial charge in [0, 0.05) is 0 Å². The van der Waals surface area contributed by atoms with E-state index in [4.69, 9.17) is 22.9 Å². The third-order valence-corrected chi connectivity index (χ3v) is 4.24. The third kappa shape index (κ3) is 3.99. The number of thiocarbonyl (C=S) groups is 1. The van der Waals surface area contributed by atoms with E-state index in [2.05, 4.69) is 31.9 Å². The van der Waals surface area contributed by atoms with Gasteiger partial charge in [-0.2, -0.15) is 18.2 Å². The van der Waals surface area contributed by atoms with Crippen LogP contribution in [0.3, 0.4) is 0 Å². The van der Waals surface area contributed by atoms with Crippen molar-refractivity contribution in [3.63, 3.8) is 0 Å². The molecular weight excluding hydrogens is 370 g/mol. The molecule has 2 rings (SSSR count). The van der Waals surface area contributed by atoms with E-state index in [9.17, 15) is 13.2 Å². The van der Waals surface area contributed by atoms with Crippen LogP contribution < -0.4 is 28.5 Å². The van der Waals surface area contributed by atoms with Crippen molar-refractivity contribution < 1.29 is 8.42 Å². The van der Waals surface area contributed by atoms with Gasteiger partial charge >= 0.3 is 5.56 Å². The zero-order chi connectivity index (χ0) is 18.8. The largest absolute Gasteiger partial charge is 0.382 e. The van der Waals surface area contributed by atoms with E-state index in [1.807, 2.05) is 0 Å². The molecule has 0 amide bonds. The summed E-state index contributed by atoms with van der Waals surface area (Å²) in [6.07, 6.45) is 0. The number of aromatic amines is 1. The SMILES string of the molecule is NC(=S)n1[nH]c(N)c(N=Nc2ccc(S(=O)(=O)N=C(N)N)cc2)c1=O. The number of nitrogen functional groups attached to an aromatic ring is 1. The maximum atomic E-state index is 12.0. The number of sulfonamides is 1. The first-order valence-corrected chi connectivity index (χ1v) is 8.24. The summed E-state index contributed by atoms with van der Waals surface area (Å²) in [6, 6.07) is 5.13. The molecule has 0 aliphatic heterocycles. The number of nitrogens with zero attached hydrogens (tertiary/aromatic N) is 4. The summed E-state index contributed by atoms with van der Waals surface area (Å²) in [6.45, 7) is 0. The van der Waals surface area contributed by atoms with Gasteiger partial charge in [0.1, 0.15) is 5.82 Å². The molecule has 14 heteroatoms. The van der Waals surface area contributed by atoms with Gasteiger partial charge in [-0.05, 0) is 36.5 Å². The number of benzene rings is 1. The van der Waals surface area contributed by atoms with Gasteiger partial charge in [-0.15, -0.1) is 9.51 Å². The molecule has 0 aliphatic carbocycles. The van der Waals surface area contributed by atoms with Crippen LogP contribution >= 0.6 is 12.2 Å². The number of nitrogens with two attached hydrogens (primary N) is 4. The molecule has 132 valence electrons. The fraction of sp³-hybridized carbons (Fsp3) is 0. The van der Waals surface area contributed by atoms with Crippen LogP contribution in [0.15, 0.2) is 48.6 Å². The molecule has 0 saturated heterocycles. The van der Waals surface area contributed by atoms with Crippen LogP contribution in [-0.4, -0.2) is 29.3 Å². The van der Waals surface area contributed by atoms with Gasteiger partial charge in [0.05, 0.1) is 10.6 Å². The summed E-state index contributed by atoms with van der Waals surface area (Å²) in [5.74, 6) is -0.658. The second kappa shape index (κ2) is 6.70. The van der Waals surface area contributed by atoms with Crippen LogP contribution in [0.2, 0.25) is 0 Å². The molecule has 0 saturated carbocycles. The maximum Gasteiger partial charge on any atom is 0.303 e. The monoisotopic (exact) mass is 383 g/mol. The van der Waals surface area contributed by atoms with E-state index in [-0.39, 0.29) is 27.2 Å². The van der Waals surface area contributed by atoms with Crippen LogP contribution in [0, 0.1) is 0 Å². The lowest BCUT2D eigenvalue weighted by atomic mass is 10.3. The molecule has 0 spiro atoms. The van der Waals surface area contributed by atoms with Crippen molar-refractivity contribution in [1.29, 1.82) is 0 Å². The summed E-state index contributed by atoms with van der Waals surface area (Å²) in [5.41, 5.74) is 20.5. The lowest BCUT2D eigenvalue weighted by Crippen LogP contribution is -2.29. The molecule has 1 aromatic heterocycles. The average Bonchev–Trinajstić information content (AvgIpc) is 2.79. The molecule has 25 heavy (non-hydrogen) atoms. The number of aromatic nitrogens is 2. The predicted molar refractivity (Wildman–Crippen MR) is 95.3 cm³/mol. The van der Waals surface area contributed by atoms with Crippen LogP contribution in [0.5, 0.6) is 0 Å². The Bertz CT molecular complexity index is 1030. The number of azo groups is 1. The highest BCUT2D eigenvalue weighted by molar-refractivity contribution is 7.90. The highest BCUT2D eigenvalue weighted by Gasteiger charge is 2.14. The molecule has 0 bridgehead atoms. The van der Waals surface area contributed by atoms with Crippen LogP contribution in [0.1, 0.15) is 0 Å². The first-order valence-electron chi connectivity index (χ1n) is 6.40. The summed E-state index contributed by atoms with van der Waals surface area (Å²) in [7, 11) is -4.00. The summed E-state index contributed by atoms with van der Waals surface area (Å²) < 4.78 is 27.6. The van der Waals surface area contributed by atoms with E-state index in [0.29, 0.717) is 0 Å². The Balaban J connectivity index is 2.31. The molecule has 1 heterocycles. The van der Waals surface area contributed by atoms with Crippen molar-refractivity contribution in [2.45, 2.75) is 4.90 Å². The Labute approximate surface area is 146 Å². The first kappa shape index (κ1) is 18.1. The van der Waals surface area contributed by atoms with Gasteiger partial charge in [-0.1, -0.05) is 0 Å². The molecule has 0 radical (unpaired) electrons. The van der Waals surface area contributed by atoms with E-state index in [1.54, 1.807) is 0 Å². The molecule has 9 N–H and O–H groups in total. The van der Waals surface area contributed by atoms with E-state index < -0.39 is 21.5 Å². The molecule has 1 aromatic carbocycles. The zero-order valence-corrected chi connectivity index (χ0v) is 14.1. The Morgan fingerprint density at radius 2 is 1.72 bits per heavy atom. The van der Waals surface area contributed by atoms with Crippen LogP contribution in [0.25, 0.3) is 0 Å². The Kier molecular flexibility index (Phi) is 4.84. The highest BCUT2D eigenvalue weighted by atomic mass is 32.2. The van der Waals surface area contributed by atoms with E-state index in [1.165, 1.54) is 24.3 Å². The standard InChI is InChI=1S/C11H13N9O3S2/c12-8-7(9(21)20(18-8)11(15)24)17-16-5-1-3-6(4-2-5)25(22,23)19-10(13)14/h1-4,18H,12H2,(H2,15,24)(H4,13,14,19). The smallest absolute Gasteiger partial charge is 0.303 e. The van der Waals surface area contributed by atoms with Gasteiger partial charge in [0.25, 0.3) is 10.0 Å². The van der Waals surface area contributed by atoms with Crippen molar-refractivity contribution in [3.05, 3.63) is 34.6 Å². The summed E-state index contributed by atoms with van der Waals surface area (Å²) >= 11 is 4.68. The number of hydrogen-bond acceptors (Lipinski definition) is 7. The fourth-order valence-electron chi connectivity index (χ4n) is 1.68. The Morgan fingerprint density at radius 3 is 2.20 bits per heavy atom. The van der Waals surface area contributed by atoms with Crippen molar-refractivity contribution in [2.24, 2.45) is 31.8 Å². The predicted octanol–water partition coefficient (Wildman–Crippen LogP) is -0.772. The molecule has 2 aromatic rings. The fourth-order valence-corrected chi connectivity index (χ4v) is 2.67. The lowest BCUT2D eigenvalue weighted by Gasteiger charge is -1.99. The maximum absolute atomic E-state index is 12.0. The van der Waals surface area contributed by atoms with Crippen LogP contribution in [0.4, 0.5) is 17.2 Å². The van der Waals surface area contributed by atoms with E-state index in [0.717, 1.165) is 4.68 Å². The number of rotatable bonds is 4. The van der Waals surface area contributed by atoms with Gasteiger partial charge in [-0.25, -0.2) is 0 Å². The minimum Gasteiger partial charge on any atom is -0.382 e. The van der Waals surface area contributed by atoms with Crippen molar-refractivity contribution in [3.8, 4) is 0 Å². The molecule has 0 fully saturated rings. The van der Waals surface area contributed by atoms with Crippen molar-refractivity contribution in [1.82, 2.24) is 9.78 Å². The molecule has 0 unspecified atom stereocenters. The van der Waals surface area contributed by atoms with Crippen molar-refractivity contribution >= 4 is 50.5 Å². The summed E-state index contributed by atoms with van der Waals surface area (Å²) in [5, 5.41) is 9.74. The van der Waals surface area contributed by atoms with E-state index >= 15 is 0 Å². The number of anilines is 1. The number of nitrogens with one attached hydrogen (secondary N) is 1. The van der Waals surface area contributed by atoms with Gasteiger partial charge in [0.15, 0.2) is 10.8 Å². The lowest BCUT2D eigenvalue weighted by molar-refractivity contribution is 0.598. The molecule has 0 aliphatic rings. The number of guanidine groups is 1. The topological polar surface area (TPSA) is 213 Å². The van der Waals surface area contributed by atoms with Gasteiger partial charge in [0.2, 0.25) is 5.96 Å². The zero-order valence-electron chi connectivity index (χ0n) is 12.4. The Hall–Kier alpha value is -3.26. The molecule has 0 atom stereocenters. The third-order valence-electron chi connectivity index (χ3n) is 2.74. The Morgan fingerprint density at radius 1 is 1.12 bits per heavy atom. The minimum absolute atomic E-state index is 0.0755. The minimum atomic E-state index is -4.00. The highest BCUT2D eigenvalue weighted by Crippen LogP contribution is 2.21.